The Morgan fingerprint density at radius 2 is 1.84 bits per heavy atom. The van der Waals surface area contributed by atoms with Gasteiger partial charge in [-0.3, -0.25) is 0 Å². The molecule has 1 atom stereocenters. The van der Waals surface area contributed by atoms with E-state index in [2.05, 4.69) is 12.2 Å². The Balaban J connectivity index is 2.18. The molecule has 1 unspecified atom stereocenters. The molecule has 0 spiro atoms. The molecule has 0 saturated carbocycles. The zero-order chi connectivity index (χ0) is 13.8. The minimum atomic E-state index is -0.191. The fourth-order valence-electron chi connectivity index (χ4n) is 2.06. The highest BCUT2D eigenvalue weighted by Gasteiger charge is 2.09. The normalized spacial score (nSPS) is 12.2. The monoisotopic (exact) mass is 259 g/mol. The number of nitrogens with one attached hydrogen (secondary N) is 1. The zero-order valence-electron chi connectivity index (χ0n) is 11.2. The van der Waals surface area contributed by atoms with Gasteiger partial charge in [0.05, 0.1) is 6.04 Å². The molecule has 100 valence electrons. The van der Waals surface area contributed by atoms with E-state index in [1.165, 1.54) is 6.07 Å². The van der Waals surface area contributed by atoms with Crippen LogP contribution in [0.3, 0.4) is 0 Å². The summed E-state index contributed by atoms with van der Waals surface area (Å²) in [4.78, 5) is 0. The molecule has 2 nitrogen and oxygen atoms in total. The lowest BCUT2D eigenvalue weighted by Gasteiger charge is -2.19. The Morgan fingerprint density at radius 3 is 2.42 bits per heavy atom. The number of aromatic hydroxyl groups is 1. The summed E-state index contributed by atoms with van der Waals surface area (Å²) in [5.41, 5.74) is 2.63. The van der Waals surface area contributed by atoms with Crippen LogP contribution in [0.25, 0.3) is 0 Å². The lowest BCUT2D eigenvalue weighted by atomic mass is 10.0. The van der Waals surface area contributed by atoms with Crippen molar-refractivity contribution in [3.05, 3.63) is 59.4 Å². The highest BCUT2D eigenvalue weighted by Crippen LogP contribution is 2.25. The molecule has 2 aromatic carbocycles. The van der Waals surface area contributed by atoms with Crippen molar-refractivity contribution in [3.63, 3.8) is 0 Å². The Morgan fingerprint density at radius 1 is 1.16 bits per heavy atom. The summed E-state index contributed by atoms with van der Waals surface area (Å²) in [7, 11) is 0. The number of hydrogen-bond donors (Lipinski definition) is 2. The SMILES string of the molecule is CCC(Nc1ccc(F)c(C)c1)c1ccc(O)cc1. The standard InChI is InChI=1S/C16H18FNO/c1-3-16(12-4-7-14(19)8-5-12)18-13-6-9-15(17)11(2)10-13/h4-10,16,18-19H,3H2,1-2H3. The molecule has 0 aliphatic heterocycles. The van der Waals surface area contributed by atoms with Crippen LogP contribution in [0.2, 0.25) is 0 Å². The molecule has 0 aromatic heterocycles. The van der Waals surface area contributed by atoms with Crippen molar-refractivity contribution in [2.75, 3.05) is 5.32 Å². The van der Waals surface area contributed by atoms with Gasteiger partial charge < -0.3 is 10.4 Å². The molecule has 3 heteroatoms. The molecule has 0 radical (unpaired) electrons. The predicted octanol–water partition coefficient (Wildman–Crippen LogP) is 4.40. The van der Waals surface area contributed by atoms with Crippen LogP contribution in [0.1, 0.15) is 30.5 Å². The summed E-state index contributed by atoms with van der Waals surface area (Å²) in [5.74, 6) is 0.0689. The smallest absolute Gasteiger partial charge is 0.126 e. The Kier molecular flexibility index (Phi) is 4.05. The quantitative estimate of drug-likeness (QED) is 0.852. The minimum absolute atomic E-state index is 0.144. The second kappa shape index (κ2) is 5.74. The first-order valence-electron chi connectivity index (χ1n) is 6.41. The average molecular weight is 259 g/mol. The van der Waals surface area contributed by atoms with Crippen LogP contribution in [-0.2, 0) is 0 Å². The van der Waals surface area contributed by atoms with E-state index in [0.29, 0.717) is 5.56 Å². The lowest BCUT2D eigenvalue weighted by Crippen LogP contribution is -2.09. The van der Waals surface area contributed by atoms with Gasteiger partial charge in [-0.15, -0.1) is 0 Å². The largest absolute Gasteiger partial charge is 0.508 e. The highest BCUT2D eigenvalue weighted by molar-refractivity contribution is 5.48. The lowest BCUT2D eigenvalue weighted by molar-refractivity contribution is 0.475. The van der Waals surface area contributed by atoms with Gasteiger partial charge in [-0.05, 0) is 54.8 Å². The van der Waals surface area contributed by atoms with Crippen LogP contribution < -0.4 is 5.32 Å². The van der Waals surface area contributed by atoms with Crippen molar-refractivity contribution < 1.29 is 9.50 Å². The summed E-state index contributed by atoms with van der Waals surface area (Å²) in [5, 5.41) is 12.7. The molecule has 0 aliphatic rings. The van der Waals surface area contributed by atoms with Crippen molar-refractivity contribution in [2.45, 2.75) is 26.3 Å². The third-order valence-electron chi connectivity index (χ3n) is 3.20. The van der Waals surface area contributed by atoms with Crippen molar-refractivity contribution in [1.29, 1.82) is 0 Å². The van der Waals surface area contributed by atoms with E-state index in [1.807, 2.05) is 12.1 Å². The molecule has 2 N–H and O–H groups in total. The first-order chi connectivity index (χ1) is 9.10. The van der Waals surface area contributed by atoms with Gasteiger partial charge in [-0.25, -0.2) is 4.39 Å². The van der Waals surface area contributed by atoms with Crippen LogP contribution in [0.4, 0.5) is 10.1 Å². The minimum Gasteiger partial charge on any atom is -0.508 e. The molecule has 0 fully saturated rings. The van der Waals surface area contributed by atoms with Gasteiger partial charge in [-0.1, -0.05) is 19.1 Å². The molecule has 0 heterocycles. The molecular weight excluding hydrogens is 241 g/mol. The number of halogens is 1. The number of benzene rings is 2. The second-order valence-electron chi connectivity index (χ2n) is 4.66. The van der Waals surface area contributed by atoms with Crippen molar-refractivity contribution in [3.8, 4) is 5.75 Å². The van der Waals surface area contributed by atoms with Crippen molar-refractivity contribution in [2.24, 2.45) is 0 Å². The van der Waals surface area contributed by atoms with Crippen molar-refractivity contribution in [1.82, 2.24) is 0 Å². The average Bonchev–Trinajstić information content (AvgIpc) is 2.41. The fourth-order valence-corrected chi connectivity index (χ4v) is 2.06. The Labute approximate surface area is 112 Å². The third kappa shape index (κ3) is 3.25. The van der Waals surface area contributed by atoms with E-state index in [4.69, 9.17) is 0 Å². The molecule has 0 bridgehead atoms. The Hall–Kier alpha value is -2.03. The number of rotatable bonds is 4. The van der Waals surface area contributed by atoms with Crippen LogP contribution in [-0.4, -0.2) is 5.11 Å². The van der Waals surface area contributed by atoms with Crippen molar-refractivity contribution >= 4 is 5.69 Å². The maximum Gasteiger partial charge on any atom is 0.126 e. The summed E-state index contributed by atoms with van der Waals surface area (Å²) in [6.07, 6.45) is 0.904. The van der Waals surface area contributed by atoms with E-state index in [1.54, 1.807) is 31.2 Å². The number of phenolic OH excluding ortho intramolecular Hbond substituents is 1. The van der Waals surface area contributed by atoms with E-state index >= 15 is 0 Å². The van der Waals surface area contributed by atoms with Gasteiger partial charge in [-0.2, -0.15) is 0 Å². The number of aryl methyl sites for hydroxylation is 1. The van der Waals surface area contributed by atoms with Gasteiger partial charge in [0.25, 0.3) is 0 Å². The summed E-state index contributed by atoms with van der Waals surface area (Å²) in [6, 6.07) is 12.3. The molecule has 2 aromatic rings. The maximum absolute atomic E-state index is 13.2. The van der Waals surface area contributed by atoms with Gasteiger partial charge in [0.15, 0.2) is 0 Å². The fraction of sp³-hybridized carbons (Fsp3) is 0.250. The van der Waals surface area contributed by atoms with Crippen LogP contribution in [0.5, 0.6) is 5.75 Å². The summed E-state index contributed by atoms with van der Waals surface area (Å²) in [6.45, 7) is 3.84. The number of anilines is 1. The van der Waals surface area contributed by atoms with E-state index in [9.17, 15) is 9.50 Å². The third-order valence-corrected chi connectivity index (χ3v) is 3.20. The predicted molar refractivity (Wildman–Crippen MR) is 75.9 cm³/mol. The molecule has 19 heavy (non-hydrogen) atoms. The first-order valence-corrected chi connectivity index (χ1v) is 6.41. The molecule has 0 saturated heterocycles. The van der Waals surface area contributed by atoms with Crippen LogP contribution in [0, 0.1) is 12.7 Å². The second-order valence-corrected chi connectivity index (χ2v) is 4.66. The summed E-state index contributed by atoms with van der Waals surface area (Å²) < 4.78 is 13.2. The maximum atomic E-state index is 13.2. The van der Waals surface area contributed by atoms with Gasteiger partial charge in [0.2, 0.25) is 0 Å². The number of hydrogen-bond acceptors (Lipinski definition) is 2. The molecule has 2 rings (SSSR count). The van der Waals surface area contributed by atoms with E-state index in [0.717, 1.165) is 17.7 Å². The zero-order valence-corrected chi connectivity index (χ0v) is 11.2. The Bertz CT molecular complexity index is 551. The van der Waals surface area contributed by atoms with Crippen LogP contribution in [0.15, 0.2) is 42.5 Å². The number of phenols is 1. The summed E-state index contributed by atoms with van der Waals surface area (Å²) >= 11 is 0. The topological polar surface area (TPSA) is 32.3 Å². The first kappa shape index (κ1) is 13.4. The van der Waals surface area contributed by atoms with Gasteiger partial charge in [0.1, 0.15) is 11.6 Å². The molecule has 0 amide bonds. The van der Waals surface area contributed by atoms with Gasteiger partial charge in [0, 0.05) is 5.69 Å². The molecular formula is C16H18FNO. The highest BCUT2D eigenvalue weighted by atomic mass is 19.1. The van der Waals surface area contributed by atoms with E-state index in [-0.39, 0.29) is 17.6 Å². The van der Waals surface area contributed by atoms with Gasteiger partial charge >= 0.3 is 0 Å². The van der Waals surface area contributed by atoms with E-state index < -0.39 is 0 Å². The molecule has 0 aliphatic carbocycles. The van der Waals surface area contributed by atoms with Crippen LogP contribution >= 0.6 is 0 Å².